The molecule has 0 radical (unpaired) electrons. The zero-order chi connectivity index (χ0) is 20.1. The number of fused-ring (bicyclic) bond motifs is 1. The van der Waals surface area contributed by atoms with Crippen molar-refractivity contribution in [1.82, 2.24) is 5.32 Å². The lowest BCUT2D eigenvalue weighted by molar-refractivity contribution is -0.116. The van der Waals surface area contributed by atoms with Crippen LogP contribution in [0.25, 0.3) is 0 Å². The van der Waals surface area contributed by atoms with Crippen LogP contribution in [0.4, 0.5) is 5.00 Å². The summed E-state index contributed by atoms with van der Waals surface area (Å²) in [4.78, 5) is 13.8. The van der Waals surface area contributed by atoms with Crippen LogP contribution < -0.4 is 20.1 Å². The number of ether oxygens (including phenoxy) is 2. The van der Waals surface area contributed by atoms with Crippen molar-refractivity contribution in [2.75, 3.05) is 25.6 Å². The fourth-order valence-corrected chi connectivity index (χ4v) is 4.62. The topological polar surface area (TPSA) is 83.4 Å². The first-order valence-corrected chi connectivity index (χ1v) is 10.2. The number of nitrogens with zero attached hydrogens (tertiary/aromatic N) is 1. The molecule has 2 aromatic rings. The Bertz CT molecular complexity index is 901. The van der Waals surface area contributed by atoms with Gasteiger partial charge >= 0.3 is 0 Å². The van der Waals surface area contributed by atoms with E-state index in [4.69, 9.17) is 9.47 Å². The standard InChI is InChI=1S/C21H25N3O3S/c1-4-27-18-6-5-14(26-3)10-16(18)13(2)9-20(25)24-21-17(11-22)15-7-8-23-12-19(15)28-21/h5-6,10,13,23H,4,7-9,12H2,1-3H3,(H,24,25)/t13-/m0/s1. The van der Waals surface area contributed by atoms with Gasteiger partial charge in [0.25, 0.3) is 0 Å². The van der Waals surface area contributed by atoms with Crippen molar-refractivity contribution >= 4 is 22.2 Å². The number of rotatable bonds is 7. The first-order valence-electron chi connectivity index (χ1n) is 9.43. The van der Waals surface area contributed by atoms with Gasteiger partial charge in [-0.1, -0.05) is 6.92 Å². The molecule has 0 unspecified atom stereocenters. The summed E-state index contributed by atoms with van der Waals surface area (Å²) < 4.78 is 11.0. The molecule has 3 rings (SSSR count). The van der Waals surface area contributed by atoms with E-state index in [1.807, 2.05) is 32.0 Å². The number of carbonyl (C=O) groups is 1. The summed E-state index contributed by atoms with van der Waals surface area (Å²) in [5.41, 5.74) is 2.62. The summed E-state index contributed by atoms with van der Waals surface area (Å²) in [6, 6.07) is 7.91. The number of carbonyl (C=O) groups excluding carboxylic acids is 1. The third-order valence-corrected chi connectivity index (χ3v) is 5.98. The van der Waals surface area contributed by atoms with Crippen LogP contribution in [0.2, 0.25) is 0 Å². The van der Waals surface area contributed by atoms with Gasteiger partial charge in [0.2, 0.25) is 5.91 Å². The zero-order valence-corrected chi connectivity index (χ0v) is 17.2. The number of nitrogens with one attached hydrogen (secondary N) is 2. The van der Waals surface area contributed by atoms with Crippen LogP contribution in [0.1, 0.15) is 47.8 Å². The Balaban J connectivity index is 1.75. The lowest BCUT2D eigenvalue weighted by Crippen LogP contribution is -2.22. The van der Waals surface area contributed by atoms with Gasteiger partial charge in [0.1, 0.15) is 22.6 Å². The largest absolute Gasteiger partial charge is 0.497 e. The minimum absolute atomic E-state index is 0.0570. The fraction of sp³-hybridized carbons (Fsp3) is 0.429. The van der Waals surface area contributed by atoms with Crippen LogP contribution in [0.3, 0.4) is 0 Å². The van der Waals surface area contributed by atoms with E-state index in [1.54, 1.807) is 7.11 Å². The van der Waals surface area contributed by atoms with Crippen LogP contribution in [0.5, 0.6) is 11.5 Å². The highest BCUT2D eigenvalue weighted by molar-refractivity contribution is 7.16. The van der Waals surface area contributed by atoms with E-state index in [0.29, 0.717) is 23.6 Å². The molecule has 1 aliphatic rings. The maximum absolute atomic E-state index is 12.7. The summed E-state index contributed by atoms with van der Waals surface area (Å²) in [7, 11) is 1.62. The maximum Gasteiger partial charge on any atom is 0.225 e. The maximum atomic E-state index is 12.7. The van der Waals surface area contributed by atoms with E-state index in [-0.39, 0.29) is 11.8 Å². The van der Waals surface area contributed by atoms with E-state index >= 15 is 0 Å². The second-order valence-electron chi connectivity index (χ2n) is 6.74. The molecule has 0 fully saturated rings. The third kappa shape index (κ3) is 4.29. The summed E-state index contributed by atoms with van der Waals surface area (Å²) in [6.45, 7) is 6.09. The molecule has 0 spiro atoms. The summed E-state index contributed by atoms with van der Waals surface area (Å²) in [5.74, 6) is 1.33. The van der Waals surface area contributed by atoms with Gasteiger partial charge in [-0.25, -0.2) is 0 Å². The van der Waals surface area contributed by atoms with Crippen LogP contribution in [0, 0.1) is 11.3 Å². The van der Waals surface area contributed by atoms with Gasteiger partial charge in [-0.2, -0.15) is 5.26 Å². The van der Waals surface area contributed by atoms with Gasteiger partial charge in [-0.3, -0.25) is 4.79 Å². The summed E-state index contributed by atoms with van der Waals surface area (Å²) in [5, 5.41) is 16.5. The molecule has 28 heavy (non-hydrogen) atoms. The monoisotopic (exact) mass is 399 g/mol. The molecule has 1 aliphatic heterocycles. The summed E-state index contributed by atoms with van der Waals surface area (Å²) >= 11 is 1.49. The second kappa shape index (κ2) is 9.09. The Morgan fingerprint density at radius 2 is 2.29 bits per heavy atom. The number of anilines is 1. The van der Waals surface area contributed by atoms with Crippen LogP contribution in [-0.4, -0.2) is 26.2 Å². The molecule has 2 heterocycles. The molecule has 0 saturated carbocycles. The average Bonchev–Trinajstić information content (AvgIpc) is 3.05. The van der Waals surface area contributed by atoms with Crippen molar-refractivity contribution in [3.63, 3.8) is 0 Å². The van der Waals surface area contributed by atoms with Crippen molar-refractivity contribution in [2.24, 2.45) is 0 Å². The Hall–Kier alpha value is -2.56. The molecule has 1 atom stereocenters. The van der Waals surface area contributed by atoms with Gasteiger partial charge in [-0.15, -0.1) is 11.3 Å². The highest BCUT2D eigenvalue weighted by Gasteiger charge is 2.23. The SMILES string of the molecule is CCOc1ccc(OC)cc1[C@@H](C)CC(=O)Nc1sc2c(c1C#N)CCNC2. The highest BCUT2D eigenvalue weighted by atomic mass is 32.1. The Morgan fingerprint density at radius 3 is 3.00 bits per heavy atom. The molecule has 0 bridgehead atoms. The normalized spacial score (nSPS) is 13.9. The first-order chi connectivity index (χ1) is 13.6. The van der Waals surface area contributed by atoms with E-state index in [2.05, 4.69) is 16.7 Å². The van der Waals surface area contributed by atoms with E-state index in [9.17, 15) is 10.1 Å². The second-order valence-corrected chi connectivity index (χ2v) is 7.84. The van der Waals surface area contributed by atoms with Crippen molar-refractivity contribution in [3.05, 3.63) is 39.8 Å². The number of nitriles is 1. The molecule has 148 valence electrons. The summed E-state index contributed by atoms with van der Waals surface area (Å²) in [6.07, 6.45) is 1.11. The molecule has 1 aromatic heterocycles. The molecule has 6 nitrogen and oxygen atoms in total. The lowest BCUT2D eigenvalue weighted by atomic mass is 9.96. The van der Waals surface area contributed by atoms with Gasteiger partial charge in [0, 0.05) is 23.4 Å². The van der Waals surface area contributed by atoms with Crippen LogP contribution in [0.15, 0.2) is 18.2 Å². The lowest BCUT2D eigenvalue weighted by Gasteiger charge is -2.17. The molecule has 0 aliphatic carbocycles. The first kappa shape index (κ1) is 20.2. The van der Waals surface area contributed by atoms with Crippen LogP contribution in [-0.2, 0) is 17.8 Å². The molecule has 1 aromatic carbocycles. The minimum Gasteiger partial charge on any atom is -0.497 e. The Morgan fingerprint density at radius 1 is 1.46 bits per heavy atom. The molecule has 1 amide bonds. The Labute approximate surface area is 169 Å². The van der Waals surface area contributed by atoms with E-state index < -0.39 is 0 Å². The number of thiophene rings is 1. The fourth-order valence-electron chi connectivity index (χ4n) is 3.43. The predicted molar refractivity (Wildman–Crippen MR) is 110 cm³/mol. The van der Waals surface area contributed by atoms with Gasteiger partial charge in [0.15, 0.2) is 0 Å². The van der Waals surface area contributed by atoms with E-state index in [0.717, 1.165) is 47.0 Å². The predicted octanol–water partition coefficient (Wildman–Crippen LogP) is 3.81. The van der Waals surface area contributed by atoms with Gasteiger partial charge < -0.3 is 20.1 Å². The van der Waals surface area contributed by atoms with Crippen molar-refractivity contribution in [2.45, 2.75) is 39.2 Å². The Kier molecular flexibility index (Phi) is 6.55. The zero-order valence-electron chi connectivity index (χ0n) is 16.4. The average molecular weight is 400 g/mol. The number of hydrogen-bond acceptors (Lipinski definition) is 6. The number of methoxy groups -OCH3 is 1. The highest BCUT2D eigenvalue weighted by Crippen LogP contribution is 2.36. The molecule has 7 heteroatoms. The van der Waals surface area contributed by atoms with Crippen LogP contribution >= 0.6 is 11.3 Å². The molecule has 0 saturated heterocycles. The molecular weight excluding hydrogens is 374 g/mol. The van der Waals surface area contributed by atoms with E-state index in [1.165, 1.54) is 11.3 Å². The smallest absolute Gasteiger partial charge is 0.225 e. The van der Waals surface area contributed by atoms with Gasteiger partial charge in [0.05, 0.1) is 19.3 Å². The minimum atomic E-state index is -0.110. The van der Waals surface area contributed by atoms with Crippen molar-refractivity contribution < 1.29 is 14.3 Å². The number of hydrogen-bond donors (Lipinski definition) is 2. The number of benzene rings is 1. The van der Waals surface area contributed by atoms with Crippen molar-refractivity contribution in [1.29, 1.82) is 5.26 Å². The molecular formula is C21H25N3O3S. The van der Waals surface area contributed by atoms with Gasteiger partial charge in [-0.05, 0) is 49.6 Å². The quantitative estimate of drug-likeness (QED) is 0.740. The number of amides is 1. The van der Waals surface area contributed by atoms with Crippen molar-refractivity contribution in [3.8, 4) is 17.6 Å². The third-order valence-electron chi connectivity index (χ3n) is 4.83. The molecule has 2 N–H and O–H groups in total.